The third-order valence-corrected chi connectivity index (χ3v) is 6.25. The molecule has 198 valence electrons. The van der Waals surface area contributed by atoms with Crippen LogP contribution in [-0.4, -0.2) is 39.2 Å². The minimum absolute atomic E-state index is 0.0681. The largest absolute Gasteiger partial charge is 0.449 e. The van der Waals surface area contributed by atoms with E-state index in [2.05, 4.69) is 15.0 Å². The van der Waals surface area contributed by atoms with Gasteiger partial charge in [-0.15, -0.1) is 0 Å². The van der Waals surface area contributed by atoms with E-state index in [1.165, 1.54) is 4.90 Å². The van der Waals surface area contributed by atoms with Gasteiger partial charge in [-0.1, -0.05) is 0 Å². The van der Waals surface area contributed by atoms with Gasteiger partial charge in [0.2, 0.25) is 5.82 Å². The van der Waals surface area contributed by atoms with E-state index in [-0.39, 0.29) is 24.3 Å². The molecule has 0 unspecified atom stereocenters. The standard InChI is InChI=1S/C25H19F6N5O2/c1-12-9-13(5-6-32-12)17-11-36(7-8-38-17)22-19(28)18-21(34-24(25(29,30)31)35(2)23(18)37)20(33-22)15-4-3-14(26)10-16(15)27/h3-6,9-10,17H,7-8,11H2,1-2H3/t17-/m0/s1. The summed E-state index contributed by atoms with van der Waals surface area (Å²) in [5.74, 6) is -5.33. The molecule has 0 saturated carbocycles. The second-order valence-corrected chi connectivity index (χ2v) is 8.78. The summed E-state index contributed by atoms with van der Waals surface area (Å²) >= 11 is 0. The molecule has 7 nitrogen and oxygen atoms in total. The first-order valence-corrected chi connectivity index (χ1v) is 11.4. The molecule has 5 rings (SSSR count). The molecule has 1 saturated heterocycles. The molecular formula is C25H19F6N5O2. The highest BCUT2D eigenvalue weighted by Gasteiger charge is 2.38. The van der Waals surface area contributed by atoms with Crippen LogP contribution in [0.1, 0.15) is 23.2 Å². The van der Waals surface area contributed by atoms with E-state index in [1.54, 1.807) is 25.3 Å². The molecule has 13 heteroatoms. The first-order chi connectivity index (χ1) is 18.0. The van der Waals surface area contributed by atoms with Gasteiger partial charge < -0.3 is 9.64 Å². The maximum absolute atomic E-state index is 15.9. The third kappa shape index (κ3) is 4.46. The van der Waals surface area contributed by atoms with Gasteiger partial charge in [0.15, 0.2) is 11.6 Å². The van der Waals surface area contributed by atoms with Crippen LogP contribution in [0.25, 0.3) is 22.2 Å². The maximum atomic E-state index is 15.9. The van der Waals surface area contributed by atoms with Crippen molar-refractivity contribution in [3.63, 3.8) is 0 Å². The quantitative estimate of drug-likeness (QED) is 0.354. The van der Waals surface area contributed by atoms with Gasteiger partial charge in [-0.2, -0.15) is 13.2 Å². The van der Waals surface area contributed by atoms with E-state index in [0.29, 0.717) is 6.07 Å². The van der Waals surface area contributed by atoms with Gasteiger partial charge in [-0.25, -0.2) is 23.1 Å². The minimum Gasteiger partial charge on any atom is -0.370 e. The fourth-order valence-electron chi connectivity index (χ4n) is 4.43. The van der Waals surface area contributed by atoms with Gasteiger partial charge in [-0.3, -0.25) is 14.3 Å². The molecule has 1 aliphatic heterocycles. The minimum atomic E-state index is -5.07. The van der Waals surface area contributed by atoms with Crippen molar-refractivity contribution in [3.8, 4) is 11.3 Å². The summed E-state index contributed by atoms with van der Waals surface area (Å²) in [6.07, 6.45) is -4.03. The number of morpholine rings is 1. The average molecular weight is 535 g/mol. The van der Waals surface area contributed by atoms with Crippen molar-refractivity contribution < 1.29 is 31.1 Å². The predicted molar refractivity (Wildman–Crippen MR) is 125 cm³/mol. The molecule has 1 aromatic carbocycles. The van der Waals surface area contributed by atoms with Crippen LogP contribution >= 0.6 is 0 Å². The Balaban J connectivity index is 1.75. The summed E-state index contributed by atoms with van der Waals surface area (Å²) < 4.78 is 91.3. The van der Waals surface area contributed by atoms with E-state index in [4.69, 9.17) is 4.74 Å². The SMILES string of the molecule is Cc1cc([C@@H]2CN(c3nc(-c4ccc(F)cc4F)c4nc(C(F)(F)F)n(C)c(=O)c4c3F)CCO2)ccn1. The van der Waals surface area contributed by atoms with Gasteiger partial charge in [-0.05, 0) is 36.8 Å². The summed E-state index contributed by atoms with van der Waals surface area (Å²) in [6, 6.07) is 5.84. The lowest BCUT2D eigenvalue weighted by Crippen LogP contribution is -2.40. The van der Waals surface area contributed by atoms with Crippen molar-refractivity contribution in [2.24, 2.45) is 7.05 Å². The van der Waals surface area contributed by atoms with Crippen LogP contribution in [0.3, 0.4) is 0 Å². The number of benzene rings is 1. The molecule has 4 aromatic rings. The van der Waals surface area contributed by atoms with Crippen molar-refractivity contribution in [2.45, 2.75) is 19.2 Å². The average Bonchev–Trinajstić information content (AvgIpc) is 2.86. The molecular weight excluding hydrogens is 516 g/mol. The Kier molecular flexibility index (Phi) is 6.33. The lowest BCUT2D eigenvalue weighted by molar-refractivity contribution is -0.147. The third-order valence-electron chi connectivity index (χ3n) is 6.25. The highest BCUT2D eigenvalue weighted by Crippen LogP contribution is 2.36. The second kappa shape index (κ2) is 9.39. The van der Waals surface area contributed by atoms with Crippen LogP contribution in [0, 0.1) is 24.4 Å². The molecule has 0 bridgehead atoms. The molecule has 4 heterocycles. The van der Waals surface area contributed by atoms with Crippen molar-refractivity contribution in [1.29, 1.82) is 0 Å². The lowest BCUT2D eigenvalue weighted by Gasteiger charge is -2.34. The number of hydrogen-bond donors (Lipinski definition) is 0. The number of pyridine rings is 2. The Morgan fingerprint density at radius 3 is 2.53 bits per heavy atom. The topological polar surface area (TPSA) is 73.1 Å². The maximum Gasteiger partial charge on any atom is 0.449 e. The van der Waals surface area contributed by atoms with E-state index in [1.807, 2.05) is 0 Å². The number of anilines is 1. The predicted octanol–water partition coefficient (Wildman–Crippen LogP) is 4.71. The molecule has 38 heavy (non-hydrogen) atoms. The molecule has 1 aliphatic rings. The highest BCUT2D eigenvalue weighted by molar-refractivity contribution is 5.93. The number of fused-ring (bicyclic) bond motifs is 1. The summed E-state index contributed by atoms with van der Waals surface area (Å²) in [5, 5.41) is -0.799. The van der Waals surface area contributed by atoms with E-state index < -0.39 is 69.1 Å². The zero-order valence-corrected chi connectivity index (χ0v) is 20.0. The first-order valence-electron chi connectivity index (χ1n) is 11.4. The fraction of sp³-hybridized carbons (Fsp3) is 0.280. The Labute approximate surface area is 211 Å². The molecule has 3 aromatic heterocycles. The molecule has 0 amide bonds. The van der Waals surface area contributed by atoms with Crippen LogP contribution < -0.4 is 10.5 Å². The number of alkyl halides is 3. The van der Waals surface area contributed by atoms with Crippen LogP contribution in [0.15, 0.2) is 41.3 Å². The van der Waals surface area contributed by atoms with Gasteiger partial charge >= 0.3 is 6.18 Å². The van der Waals surface area contributed by atoms with E-state index in [9.17, 15) is 26.7 Å². The van der Waals surface area contributed by atoms with Crippen molar-refractivity contribution >= 4 is 16.7 Å². The molecule has 0 N–H and O–H groups in total. The van der Waals surface area contributed by atoms with Crippen LogP contribution in [0.5, 0.6) is 0 Å². The van der Waals surface area contributed by atoms with Gasteiger partial charge in [0.1, 0.15) is 34.3 Å². The van der Waals surface area contributed by atoms with E-state index >= 15 is 4.39 Å². The summed E-state index contributed by atoms with van der Waals surface area (Å²) in [4.78, 5) is 26.3. The summed E-state index contributed by atoms with van der Waals surface area (Å²) in [7, 11) is 0.811. The van der Waals surface area contributed by atoms with Crippen LogP contribution in [-0.2, 0) is 18.0 Å². The van der Waals surface area contributed by atoms with Gasteiger partial charge in [0.25, 0.3) is 5.56 Å². The number of aromatic nitrogens is 4. The number of hydrogen-bond acceptors (Lipinski definition) is 6. The fourth-order valence-corrected chi connectivity index (χ4v) is 4.43. The number of ether oxygens (including phenoxy) is 1. The van der Waals surface area contributed by atoms with Crippen LogP contribution in [0.2, 0.25) is 0 Å². The van der Waals surface area contributed by atoms with Crippen LogP contribution in [0.4, 0.5) is 32.2 Å². The smallest absolute Gasteiger partial charge is 0.370 e. The first kappa shape index (κ1) is 25.6. The monoisotopic (exact) mass is 535 g/mol. The molecule has 0 radical (unpaired) electrons. The lowest BCUT2D eigenvalue weighted by atomic mass is 10.1. The summed E-state index contributed by atoms with van der Waals surface area (Å²) in [5.41, 5.74) is -1.62. The molecule has 0 aliphatic carbocycles. The molecule has 1 fully saturated rings. The normalized spacial score (nSPS) is 16.3. The molecule has 1 atom stereocenters. The van der Waals surface area contributed by atoms with Gasteiger partial charge in [0, 0.05) is 43.7 Å². The number of nitrogens with zero attached hydrogens (tertiary/aromatic N) is 5. The van der Waals surface area contributed by atoms with Crippen molar-refractivity contribution in [1.82, 2.24) is 19.5 Å². The Morgan fingerprint density at radius 1 is 1.08 bits per heavy atom. The number of halogens is 6. The zero-order chi connectivity index (χ0) is 27.4. The van der Waals surface area contributed by atoms with E-state index in [0.717, 1.165) is 30.4 Å². The van der Waals surface area contributed by atoms with Gasteiger partial charge in [0.05, 0.1) is 6.61 Å². The Bertz CT molecular complexity index is 1620. The van der Waals surface area contributed by atoms with Crippen molar-refractivity contribution in [3.05, 3.63) is 81.4 Å². The molecule has 0 spiro atoms. The highest BCUT2D eigenvalue weighted by atomic mass is 19.4. The van der Waals surface area contributed by atoms with Crippen molar-refractivity contribution in [2.75, 3.05) is 24.6 Å². The Morgan fingerprint density at radius 2 is 1.84 bits per heavy atom. The summed E-state index contributed by atoms with van der Waals surface area (Å²) in [6.45, 7) is 2.11. The zero-order valence-electron chi connectivity index (χ0n) is 20.0. The number of rotatable bonds is 3. The number of aryl methyl sites for hydroxylation is 1. The Hall–Kier alpha value is -4.00. The second-order valence-electron chi connectivity index (χ2n) is 8.78.